The van der Waals surface area contributed by atoms with Crippen LogP contribution in [-0.2, 0) is 6.18 Å². The fourth-order valence-electron chi connectivity index (χ4n) is 1.94. The number of pyridine rings is 1. The fraction of sp³-hybridized carbons (Fsp3) is 0.545. The number of rotatable bonds is 2. The van der Waals surface area contributed by atoms with E-state index < -0.39 is 11.7 Å². The third-order valence-corrected chi connectivity index (χ3v) is 3.23. The zero-order chi connectivity index (χ0) is 13.2. The standard InChI is InChI=1S/C11H13BrF3N3/c12-7-4-9(11(13,14)15)10(17-5-7)18-8-2-1-3-16-6-8/h4-5,8,16H,1-3,6H2,(H,17,18). The van der Waals surface area contributed by atoms with Gasteiger partial charge >= 0.3 is 6.18 Å². The van der Waals surface area contributed by atoms with Crippen molar-refractivity contribution < 1.29 is 13.2 Å². The number of aromatic nitrogens is 1. The molecule has 1 aromatic rings. The van der Waals surface area contributed by atoms with Gasteiger partial charge in [0.15, 0.2) is 0 Å². The Morgan fingerprint density at radius 1 is 1.44 bits per heavy atom. The highest BCUT2D eigenvalue weighted by Crippen LogP contribution is 2.35. The molecule has 100 valence electrons. The summed E-state index contributed by atoms with van der Waals surface area (Å²) in [6.45, 7) is 1.58. The summed E-state index contributed by atoms with van der Waals surface area (Å²) < 4.78 is 38.9. The van der Waals surface area contributed by atoms with Crippen LogP contribution in [0.25, 0.3) is 0 Å². The van der Waals surface area contributed by atoms with Crippen molar-refractivity contribution in [2.45, 2.75) is 25.1 Å². The Hall–Kier alpha value is -0.820. The number of halogens is 4. The van der Waals surface area contributed by atoms with Gasteiger partial charge in [-0.1, -0.05) is 0 Å². The second-order valence-corrected chi connectivity index (χ2v) is 5.15. The molecule has 0 aromatic carbocycles. The summed E-state index contributed by atoms with van der Waals surface area (Å²) >= 11 is 3.01. The highest BCUT2D eigenvalue weighted by atomic mass is 79.9. The summed E-state index contributed by atoms with van der Waals surface area (Å²) in [5.41, 5.74) is -0.734. The van der Waals surface area contributed by atoms with Gasteiger partial charge in [-0.25, -0.2) is 4.98 Å². The van der Waals surface area contributed by atoms with Crippen molar-refractivity contribution in [3.8, 4) is 0 Å². The van der Waals surface area contributed by atoms with E-state index in [0.717, 1.165) is 25.5 Å². The Bertz CT molecular complexity index is 416. The second-order valence-electron chi connectivity index (χ2n) is 4.24. The molecule has 1 fully saturated rings. The number of nitrogens with one attached hydrogen (secondary N) is 2. The van der Waals surface area contributed by atoms with Crippen LogP contribution in [0.1, 0.15) is 18.4 Å². The molecule has 0 radical (unpaired) electrons. The number of piperidine rings is 1. The molecule has 1 saturated heterocycles. The molecule has 2 N–H and O–H groups in total. The molecule has 1 aliphatic rings. The molecular formula is C11H13BrF3N3. The number of anilines is 1. The van der Waals surface area contributed by atoms with Crippen LogP contribution in [0.4, 0.5) is 19.0 Å². The number of nitrogens with zero attached hydrogens (tertiary/aromatic N) is 1. The predicted octanol–water partition coefficient (Wildman–Crippen LogP) is 3.03. The third kappa shape index (κ3) is 3.35. The Balaban J connectivity index is 2.21. The largest absolute Gasteiger partial charge is 0.419 e. The van der Waals surface area contributed by atoms with Crippen molar-refractivity contribution in [2.75, 3.05) is 18.4 Å². The third-order valence-electron chi connectivity index (χ3n) is 2.80. The summed E-state index contributed by atoms with van der Waals surface area (Å²) in [6, 6.07) is 1.04. The quantitative estimate of drug-likeness (QED) is 0.878. The van der Waals surface area contributed by atoms with E-state index in [4.69, 9.17) is 0 Å². The lowest BCUT2D eigenvalue weighted by atomic mass is 10.1. The summed E-state index contributed by atoms with van der Waals surface area (Å²) in [5.74, 6) is -0.0978. The molecule has 1 aromatic heterocycles. The average molecular weight is 324 g/mol. The van der Waals surface area contributed by atoms with Crippen molar-refractivity contribution in [1.82, 2.24) is 10.3 Å². The lowest BCUT2D eigenvalue weighted by molar-refractivity contribution is -0.137. The maximum atomic E-state index is 12.9. The van der Waals surface area contributed by atoms with Gasteiger partial charge in [-0.2, -0.15) is 13.2 Å². The SMILES string of the molecule is FC(F)(F)c1cc(Br)cnc1NC1CCCNC1. The van der Waals surface area contributed by atoms with Gasteiger partial charge in [0.2, 0.25) is 0 Å². The number of hydrogen-bond donors (Lipinski definition) is 2. The topological polar surface area (TPSA) is 37.0 Å². The highest BCUT2D eigenvalue weighted by molar-refractivity contribution is 9.10. The zero-order valence-electron chi connectivity index (χ0n) is 9.52. The van der Waals surface area contributed by atoms with E-state index >= 15 is 0 Å². The first-order chi connectivity index (χ1) is 8.47. The number of hydrogen-bond acceptors (Lipinski definition) is 3. The molecule has 18 heavy (non-hydrogen) atoms. The van der Waals surface area contributed by atoms with Gasteiger partial charge in [-0.3, -0.25) is 0 Å². The first kappa shape index (κ1) is 13.6. The first-order valence-corrected chi connectivity index (χ1v) is 6.46. The van der Waals surface area contributed by atoms with Crippen LogP contribution in [0.15, 0.2) is 16.7 Å². The van der Waals surface area contributed by atoms with Crippen molar-refractivity contribution in [1.29, 1.82) is 0 Å². The van der Waals surface area contributed by atoms with E-state index in [1.807, 2.05) is 0 Å². The lowest BCUT2D eigenvalue weighted by Gasteiger charge is -2.25. The zero-order valence-corrected chi connectivity index (χ0v) is 11.1. The summed E-state index contributed by atoms with van der Waals surface area (Å²) in [7, 11) is 0. The van der Waals surface area contributed by atoms with Crippen LogP contribution in [0.5, 0.6) is 0 Å². The Morgan fingerprint density at radius 2 is 2.22 bits per heavy atom. The molecule has 3 nitrogen and oxygen atoms in total. The molecule has 0 amide bonds. The van der Waals surface area contributed by atoms with E-state index in [1.165, 1.54) is 6.20 Å². The van der Waals surface area contributed by atoms with Gasteiger partial charge in [0.05, 0.1) is 5.56 Å². The minimum Gasteiger partial charge on any atom is -0.366 e. The maximum absolute atomic E-state index is 12.9. The van der Waals surface area contributed by atoms with Crippen molar-refractivity contribution in [3.63, 3.8) is 0 Å². The summed E-state index contributed by atoms with van der Waals surface area (Å²) in [5, 5.41) is 6.01. The van der Waals surface area contributed by atoms with Crippen LogP contribution in [0.2, 0.25) is 0 Å². The van der Waals surface area contributed by atoms with Crippen LogP contribution in [0.3, 0.4) is 0 Å². The second kappa shape index (κ2) is 5.44. The van der Waals surface area contributed by atoms with Crippen LogP contribution >= 0.6 is 15.9 Å². The molecular weight excluding hydrogens is 311 g/mol. The molecule has 2 rings (SSSR count). The van der Waals surface area contributed by atoms with Gasteiger partial charge in [-0.15, -0.1) is 0 Å². The minimum atomic E-state index is -4.40. The molecule has 1 unspecified atom stereocenters. The van der Waals surface area contributed by atoms with Crippen molar-refractivity contribution in [2.24, 2.45) is 0 Å². The van der Waals surface area contributed by atoms with Gasteiger partial charge in [0.25, 0.3) is 0 Å². The monoisotopic (exact) mass is 323 g/mol. The Morgan fingerprint density at radius 3 is 2.83 bits per heavy atom. The molecule has 1 atom stereocenters. The first-order valence-electron chi connectivity index (χ1n) is 5.67. The molecule has 7 heteroatoms. The summed E-state index contributed by atoms with van der Waals surface area (Å²) in [4.78, 5) is 3.83. The molecule has 0 spiro atoms. The fourth-order valence-corrected chi connectivity index (χ4v) is 2.27. The van der Waals surface area contributed by atoms with Crippen molar-refractivity contribution in [3.05, 3.63) is 22.3 Å². The van der Waals surface area contributed by atoms with E-state index in [9.17, 15) is 13.2 Å². The van der Waals surface area contributed by atoms with Crippen molar-refractivity contribution >= 4 is 21.7 Å². The van der Waals surface area contributed by atoms with E-state index in [2.05, 4.69) is 31.5 Å². The molecule has 2 heterocycles. The van der Waals surface area contributed by atoms with E-state index in [0.29, 0.717) is 11.0 Å². The highest BCUT2D eigenvalue weighted by Gasteiger charge is 2.35. The van der Waals surface area contributed by atoms with Gasteiger partial charge < -0.3 is 10.6 Å². The smallest absolute Gasteiger partial charge is 0.366 e. The molecule has 0 saturated carbocycles. The van der Waals surface area contributed by atoms with Crippen LogP contribution in [-0.4, -0.2) is 24.1 Å². The summed E-state index contributed by atoms with van der Waals surface area (Å²) in [6.07, 6.45) is -1.23. The van der Waals surface area contributed by atoms with Crippen LogP contribution in [0, 0.1) is 0 Å². The molecule has 0 aliphatic carbocycles. The molecule has 1 aliphatic heterocycles. The molecule has 0 bridgehead atoms. The Labute approximate surface area is 111 Å². The van der Waals surface area contributed by atoms with Gasteiger partial charge in [-0.05, 0) is 41.4 Å². The number of alkyl halides is 3. The predicted molar refractivity (Wildman–Crippen MR) is 66.5 cm³/mol. The van der Waals surface area contributed by atoms with E-state index in [1.54, 1.807) is 0 Å². The lowest BCUT2D eigenvalue weighted by Crippen LogP contribution is -2.39. The normalized spacial score (nSPS) is 20.8. The maximum Gasteiger partial charge on any atom is 0.419 e. The minimum absolute atomic E-state index is 0.00599. The van der Waals surface area contributed by atoms with Crippen LogP contribution < -0.4 is 10.6 Å². The van der Waals surface area contributed by atoms with Gasteiger partial charge in [0, 0.05) is 23.3 Å². The average Bonchev–Trinajstić information content (AvgIpc) is 2.31. The Kier molecular flexibility index (Phi) is 4.11. The van der Waals surface area contributed by atoms with E-state index in [-0.39, 0.29) is 11.9 Å². The van der Waals surface area contributed by atoms with Gasteiger partial charge in [0.1, 0.15) is 5.82 Å².